The Morgan fingerprint density at radius 3 is 2.68 bits per heavy atom. The number of methoxy groups -OCH3 is 1. The summed E-state index contributed by atoms with van der Waals surface area (Å²) in [4.78, 5) is 2.60. The second-order valence-corrected chi connectivity index (χ2v) is 5.84. The molecule has 2 aromatic rings. The first-order chi connectivity index (χ1) is 9.10. The average Bonchev–Trinajstić information content (AvgIpc) is 2.83. The summed E-state index contributed by atoms with van der Waals surface area (Å²) in [5.74, 6) is -0.0351. The van der Waals surface area contributed by atoms with Gasteiger partial charge in [0.15, 0.2) is 11.6 Å². The summed E-state index contributed by atoms with van der Waals surface area (Å²) in [7, 11) is 1.47. The quantitative estimate of drug-likeness (QED) is 0.891. The first-order valence-electron chi connectivity index (χ1n) is 6.22. The molecule has 0 amide bonds. The molecule has 0 saturated carbocycles. The maximum absolute atomic E-state index is 13.6. The minimum Gasteiger partial charge on any atom is -0.494 e. The number of rotatable bonds is 5. The van der Waals surface area contributed by atoms with Gasteiger partial charge in [-0.3, -0.25) is 0 Å². The SMILES string of the molecule is COc1ccc(CNC(C)c2ccc(C)s2)cc1F. The van der Waals surface area contributed by atoms with E-state index < -0.39 is 0 Å². The van der Waals surface area contributed by atoms with E-state index in [1.54, 1.807) is 17.4 Å². The maximum Gasteiger partial charge on any atom is 0.165 e. The molecule has 0 bridgehead atoms. The highest BCUT2D eigenvalue weighted by atomic mass is 32.1. The fourth-order valence-electron chi connectivity index (χ4n) is 1.88. The minimum atomic E-state index is -0.318. The van der Waals surface area contributed by atoms with Crippen LogP contribution in [0.4, 0.5) is 4.39 Å². The molecule has 0 spiro atoms. The number of halogens is 1. The Labute approximate surface area is 117 Å². The summed E-state index contributed by atoms with van der Waals surface area (Å²) in [5.41, 5.74) is 0.915. The second-order valence-electron chi connectivity index (χ2n) is 4.52. The summed E-state index contributed by atoms with van der Waals surface area (Å²) in [6.07, 6.45) is 0. The fourth-order valence-corrected chi connectivity index (χ4v) is 2.78. The molecule has 1 atom stereocenters. The number of hydrogen-bond acceptors (Lipinski definition) is 3. The van der Waals surface area contributed by atoms with Crippen LogP contribution in [-0.2, 0) is 6.54 Å². The lowest BCUT2D eigenvalue weighted by atomic mass is 10.2. The van der Waals surface area contributed by atoms with Crippen LogP contribution >= 0.6 is 11.3 Å². The van der Waals surface area contributed by atoms with Crippen molar-refractivity contribution in [1.29, 1.82) is 0 Å². The minimum absolute atomic E-state index is 0.267. The average molecular weight is 279 g/mol. The summed E-state index contributed by atoms with van der Waals surface area (Å²) >= 11 is 1.78. The molecule has 1 heterocycles. The van der Waals surface area contributed by atoms with Crippen LogP contribution in [0.15, 0.2) is 30.3 Å². The summed E-state index contributed by atoms with van der Waals surface area (Å²) in [6, 6.07) is 9.56. The first kappa shape index (κ1) is 14.0. The normalized spacial score (nSPS) is 12.4. The van der Waals surface area contributed by atoms with Gasteiger partial charge >= 0.3 is 0 Å². The Morgan fingerprint density at radius 2 is 2.11 bits per heavy atom. The van der Waals surface area contributed by atoms with Gasteiger partial charge in [0.05, 0.1) is 7.11 Å². The van der Waals surface area contributed by atoms with Crippen LogP contribution in [0.5, 0.6) is 5.75 Å². The second kappa shape index (κ2) is 6.17. The molecule has 0 aliphatic carbocycles. The van der Waals surface area contributed by atoms with E-state index in [4.69, 9.17) is 4.74 Å². The number of hydrogen-bond donors (Lipinski definition) is 1. The van der Waals surface area contributed by atoms with Crippen molar-refractivity contribution < 1.29 is 9.13 Å². The smallest absolute Gasteiger partial charge is 0.165 e. The van der Waals surface area contributed by atoms with E-state index in [0.717, 1.165) is 5.56 Å². The van der Waals surface area contributed by atoms with E-state index in [0.29, 0.717) is 6.54 Å². The standard InChI is InChI=1S/C15H18FNOS/c1-10-4-7-15(19-10)11(2)17-9-12-5-6-14(18-3)13(16)8-12/h4-8,11,17H,9H2,1-3H3. The molecular formula is C15H18FNOS. The van der Waals surface area contributed by atoms with E-state index in [2.05, 4.69) is 31.3 Å². The van der Waals surface area contributed by atoms with Crippen molar-refractivity contribution in [3.63, 3.8) is 0 Å². The Hall–Kier alpha value is -1.39. The van der Waals surface area contributed by atoms with Crippen LogP contribution in [0.1, 0.15) is 28.3 Å². The van der Waals surface area contributed by atoms with Crippen molar-refractivity contribution in [2.75, 3.05) is 7.11 Å². The van der Waals surface area contributed by atoms with Crippen molar-refractivity contribution in [3.05, 3.63) is 51.5 Å². The Balaban J connectivity index is 1.97. The number of benzene rings is 1. The molecule has 1 unspecified atom stereocenters. The highest BCUT2D eigenvalue weighted by molar-refractivity contribution is 7.12. The predicted octanol–water partition coefficient (Wildman–Crippen LogP) is 4.06. The van der Waals surface area contributed by atoms with E-state index in [1.807, 2.05) is 6.07 Å². The van der Waals surface area contributed by atoms with Gasteiger partial charge in [0.2, 0.25) is 0 Å². The molecule has 0 saturated heterocycles. The molecule has 0 aliphatic rings. The van der Waals surface area contributed by atoms with E-state index in [-0.39, 0.29) is 17.6 Å². The third kappa shape index (κ3) is 3.55. The van der Waals surface area contributed by atoms with Gasteiger partial charge in [0.1, 0.15) is 0 Å². The van der Waals surface area contributed by atoms with Gasteiger partial charge in [-0.15, -0.1) is 11.3 Å². The number of nitrogens with one attached hydrogen (secondary N) is 1. The molecule has 1 aromatic carbocycles. The molecule has 102 valence electrons. The largest absolute Gasteiger partial charge is 0.494 e. The van der Waals surface area contributed by atoms with Crippen LogP contribution in [0.25, 0.3) is 0 Å². The topological polar surface area (TPSA) is 21.3 Å². The van der Waals surface area contributed by atoms with Crippen molar-refractivity contribution in [2.24, 2.45) is 0 Å². The fraction of sp³-hybridized carbons (Fsp3) is 0.333. The van der Waals surface area contributed by atoms with Crippen LogP contribution in [0.3, 0.4) is 0 Å². The lowest BCUT2D eigenvalue weighted by molar-refractivity contribution is 0.386. The third-order valence-electron chi connectivity index (χ3n) is 3.02. The van der Waals surface area contributed by atoms with Crippen LogP contribution < -0.4 is 10.1 Å². The van der Waals surface area contributed by atoms with Gasteiger partial charge < -0.3 is 10.1 Å². The zero-order valence-electron chi connectivity index (χ0n) is 11.4. The Kier molecular flexibility index (Phi) is 4.56. The Bertz CT molecular complexity index is 553. The monoisotopic (exact) mass is 279 g/mol. The Morgan fingerprint density at radius 1 is 1.32 bits per heavy atom. The van der Waals surface area contributed by atoms with Crippen LogP contribution in [-0.4, -0.2) is 7.11 Å². The molecule has 0 fully saturated rings. The zero-order valence-corrected chi connectivity index (χ0v) is 12.2. The molecule has 0 aliphatic heterocycles. The molecule has 2 nitrogen and oxygen atoms in total. The van der Waals surface area contributed by atoms with Crippen molar-refractivity contribution in [3.8, 4) is 5.75 Å². The molecule has 1 N–H and O–H groups in total. The number of thiophene rings is 1. The van der Waals surface area contributed by atoms with E-state index in [9.17, 15) is 4.39 Å². The summed E-state index contributed by atoms with van der Waals surface area (Å²) in [5, 5.41) is 3.40. The highest BCUT2D eigenvalue weighted by Gasteiger charge is 2.08. The van der Waals surface area contributed by atoms with Crippen LogP contribution in [0, 0.1) is 12.7 Å². The number of ether oxygens (including phenoxy) is 1. The number of aryl methyl sites for hydroxylation is 1. The first-order valence-corrected chi connectivity index (χ1v) is 7.04. The molecule has 1 aromatic heterocycles. The summed E-state index contributed by atoms with van der Waals surface area (Å²) in [6.45, 7) is 4.85. The van der Waals surface area contributed by atoms with Gasteiger partial charge in [0, 0.05) is 22.3 Å². The van der Waals surface area contributed by atoms with Gasteiger partial charge in [-0.1, -0.05) is 6.07 Å². The van der Waals surface area contributed by atoms with Gasteiger partial charge in [-0.05, 0) is 43.7 Å². The highest BCUT2D eigenvalue weighted by Crippen LogP contribution is 2.23. The molecule has 0 radical (unpaired) electrons. The van der Waals surface area contributed by atoms with Gasteiger partial charge in [-0.2, -0.15) is 0 Å². The van der Waals surface area contributed by atoms with E-state index >= 15 is 0 Å². The van der Waals surface area contributed by atoms with Crippen LogP contribution in [0.2, 0.25) is 0 Å². The van der Waals surface area contributed by atoms with E-state index in [1.165, 1.54) is 22.9 Å². The zero-order chi connectivity index (χ0) is 13.8. The lowest BCUT2D eigenvalue weighted by Gasteiger charge is -2.12. The van der Waals surface area contributed by atoms with Gasteiger partial charge in [0.25, 0.3) is 0 Å². The molecule has 2 rings (SSSR count). The molecule has 4 heteroatoms. The van der Waals surface area contributed by atoms with Crippen molar-refractivity contribution in [1.82, 2.24) is 5.32 Å². The maximum atomic E-state index is 13.6. The summed E-state index contributed by atoms with van der Waals surface area (Å²) < 4.78 is 18.5. The van der Waals surface area contributed by atoms with Gasteiger partial charge in [-0.25, -0.2) is 4.39 Å². The van der Waals surface area contributed by atoms with Crippen molar-refractivity contribution in [2.45, 2.75) is 26.4 Å². The predicted molar refractivity (Wildman–Crippen MR) is 77.3 cm³/mol. The lowest BCUT2D eigenvalue weighted by Crippen LogP contribution is -2.17. The molecular weight excluding hydrogens is 261 g/mol. The molecule has 19 heavy (non-hydrogen) atoms. The van der Waals surface area contributed by atoms with Crippen molar-refractivity contribution >= 4 is 11.3 Å². The third-order valence-corrected chi connectivity index (χ3v) is 4.20.